The van der Waals surface area contributed by atoms with E-state index in [1.165, 1.54) is 10.4 Å². The fourth-order valence-corrected chi connectivity index (χ4v) is 5.58. The molecule has 30 heavy (non-hydrogen) atoms. The molecule has 0 saturated carbocycles. The maximum absolute atomic E-state index is 14.7. The van der Waals surface area contributed by atoms with Gasteiger partial charge in [-0.2, -0.15) is 17.4 Å². The molecule has 1 saturated heterocycles. The van der Waals surface area contributed by atoms with E-state index < -0.39 is 33.7 Å². The van der Waals surface area contributed by atoms with Gasteiger partial charge >= 0.3 is 5.76 Å². The van der Waals surface area contributed by atoms with Crippen LogP contribution in [0.3, 0.4) is 0 Å². The Morgan fingerprint density at radius 1 is 1.37 bits per heavy atom. The number of aromatic amines is 1. The van der Waals surface area contributed by atoms with Crippen LogP contribution in [0.4, 0.5) is 4.39 Å². The summed E-state index contributed by atoms with van der Waals surface area (Å²) in [4.78, 5) is 11.5. The maximum atomic E-state index is 14.7. The fraction of sp³-hybridized carbons (Fsp3) is 0.579. The second-order valence-corrected chi connectivity index (χ2v) is 9.75. The zero-order valence-corrected chi connectivity index (χ0v) is 18.7. The first-order valence-electron chi connectivity index (χ1n) is 9.78. The van der Waals surface area contributed by atoms with Gasteiger partial charge in [0.15, 0.2) is 0 Å². The Balaban J connectivity index is 1.95. The van der Waals surface area contributed by atoms with Crippen LogP contribution in [0.2, 0.25) is 0 Å². The Labute approximate surface area is 180 Å². The second kappa shape index (κ2) is 9.17. The van der Waals surface area contributed by atoms with Crippen molar-refractivity contribution in [3.8, 4) is 0 Å². The Bertz CT molecular complexity index is 1050. The molecule has 0 unspecified atom stereocenters. The first-order chi connectivity index (χ1) is 14.1. The molecule has 166 valence electrons. The van der Waals surface area contributed by atoms with E-state index in [0.29, 0.717) is 42.9 Å². The van der Waals surface area contributed by atoms with Crippen molar-refractivity contribution in [3.05, 3.63) is 51.1 Å². The van der Waals surface area contributed by atoms with Crippen LogP contribution < -0.4 is 10.5 Å². The minimum absolute atomic E-state index is 0.146. The van der Waals surface area contributed by atoms with Crippen molar-refractivity contribution in [2.45, 2.75) is 45.6 Å². The second-order valence-electron chi connectivity index (χ2n) is 7.74. The number of H-pyrrole nitrogens is 1. The molecular weight excluding hydrogens is 435 g/mol. The lowest BCUT2D eigenvalue weighted by molar-refractivity contribution is 0.281. The molecule has 2 heterocycles. The minimum Gasteiger partial charge on any atom is -0.391 e. The first-order valence-corrected chi connectivity index (χ1v) is 11.8. The van der Waals surface area contributed by atoms with Crippen molar-refractivity contribution in [2.24, 2.45) is 5.92 Å². The number of aryl methyl sites for hydroxylation is 1. The standard InChI is InChI=1S/C19H26ClFN4O4S/c1-11-4-5-15(21)16(12(11)2)13(3)17(18-22-23-19(26)29-18)24-30(27,28)25-8-6-14(10-20)7-9-25/h4-5,13-14,17,24H,6-10H2,1-3H3,(H,23,26)/t13-,17-/m0/s1. The van der Waals surface area contributed by atoms with Gasteiger partial charge in [0.2, 0.25) is 5.89 Å². The van der Waals surface area contributed by atoms with Gasteiger partial charge in [-0.05, 0) is 55.4 Å². The number of halogens is 2. The van der Waals surface area contributed by atoms with E-state index in [2.05, 4.69) is 14.9 Å². The maximum Gasteiger partial charge on any atom is 0.434 e. The van der Waals surface area contributed by atoms with Crippen molar-refractivity contribution in [3.63, 3.8) is 0 Å². The number of piperidine rings is 1. The predicted molar refractivity (Wildman–Crippen MR) is 111 cm³/mol. The number of hydrogen-bond donors (Lipinski definition) is 2. The van der Waals surface area contributed by atoms with Gasteiger partial charge in [-0.25, -0.2) is 14.3 Å². The molecule has 0 bridgehead atoms. The fourth-order valence-electron chi connectivity index (χ4n) is 3.81. The molecule has 8 nitrogen and oxygen atoms in total. The summed E-state index contributed by atoms with van der Waals surface area (Å²) in [5.74, 6) is -1.34. The SMILES string of the molecule is Cc1ccc(F)c([C@H](C)[C@H](NS(=O)(=O)N2CCC(CCl)CC2)c2n[nH]c(=O)o2)c1C. The molecule has 3 rings (SSSR count). The molecule has 1 aliphatic rings. The summed E-state index contributed by atoms with van der Waals surface area (Å²) in [6, 6.07) is 1.93. The van der Waals surface area contributed by atoms with Gasteiger partial charge in [-0.15, -0.1) is 16.7 Å². The number of hydrogen-bond acceptors (Lipinski definition) is 5. The number of benzene rings is 1. The average molecular weight is 461 g/mol. The molecule has 1 fully saturated rings. The highest BCUT2D eigenvalue weighted by Gasteiger charge is 2.36. The molecule has 0 amide bonds. The van der Waals surface area contributed by atoms with Gasteiger partial charge in [0.1, 0.15) is 11.9 Å². The van der Waals surface area contributed by atoms with Crippen molar-refractivity contribution in [2.75, 3.05) is 19.0 Å². The van der Waals surface area contributed by atoms with Crippen molar-refractivity contribution >= 4 is 21.8 Å². The largest absolute Gasteiger partial charge is 0.434 e. The molecule has 0 radical (unpaired) electrons. The number of nitrogens with zero attached hydrogens (tertiary/aromatic N) is 2. The molecular formula is C19H26ClFN4O4S. The van der Waals surface area contributed by atoms with Crippen LogP contribution in [0, 0.1) is 25.6 Å². The number of alkyl halides is 1. The molecule has 1 aromatic heterocycles. The molecule has 1 aromatic carbocycles. The highest BCUT2D eigenvalue weighted by molar-refractivity contribution is 7.87. The van der Waals surface area contributed by atoms with Crippen molar-refractivity contribution in [1.82, 2.24) is 19.2 Å². The van der Waals surface area contributed by atoms with Crippen molar-refractivity contribution in [1.29, 1.82) is 0 Å². The molecule has 1 aliphatic heterocycles. The summed E-state index contributed by atoms with van der Waals surface area (Å²) in [7, 11) is -3.94. The number of aromatic nitrogens is 2. The van der Waals surface area contributed by atoms with Gasteiger partial charge in [-0.1, -0.05) is 13.0 Å². The van der Waals surface area contributed by atoms with E-state index in [9.17, 15) is 17.6 Å². The topological polar surface area (TPSA) is 108 Å². The lowest BCUT2D eigenvalue weighted by atomic mass is 9.88. The van der Waals surface area contributed by atoms with Gasteiger partial charge in [0, 0.05) is 24.9 Å². The van der Waals surface area contributed by atoms with Crippen LogP contribution in [0.15, 0.2) is 21.3 Å². The van der Waals surface area contributed by atoms with E-state index >= 15 is 0 Å². The first kappa shape index (κ1) is 22.9. The van der Waals surface area contributed by atoms with Crippen LogP contribution in [0.5, 0.6) is 0 Å². The highest BCUT2D eigenvalue weighted by atomic mass is 35.5. The Morgan fingerprint density at radius 2 is 2.03 bits per heavy atom. The summed E-state index contributed by atoms with van der Waals surface area (Å²) < 4.78 is 49.8. The summed E-state index contributed by atoms with van der Waals surface area (Å²) in [5, 5.41) is 5.96. The van der Waals surface area contributed by atoms with E-state index in [1.807, 2.05) is 6.92 Å². The van der Waals surface area contributed by atoms with Gasteiger partial charge in [-0.3, -0.25) is 0 Å². The van der Waals surface area contributed by atoms with Crippen LogP contribution in [-0.4, -0.2) is 41.9 Å². The normalized spacial score (nSPS) is 18.4. The van der Waals surface area contributed by atoms with Crippen LogP contribution in [0.25, 0.3) is 0 Å². The van der Waals surface area contributed by atoms with E-state index in [1.54, 1.807) is 19.9 Å². The summed E-state index contributed by atoms with van der Waals surface area (Å²) in [5.41, 5.74) is 1.91. The molecule has 2 N–H and O–H groups in total. The van der Waals surface area contributed by atoms with Gasteiger partial charge < -0.3 is 4.42 Å². The molecule has 0 spiro atoms. The summed E-state index contributed by atoms with van der Waals surface area (Å²) in [6.07, 6.45) is 1.32. The Kier molecular flexibility index (Phi) is 7.01. The smallest absolute Gasteiger partial charge is 0.391 e. The molecule has 0 aliphatic carbocycles. The predicted octanol–water partition coefficient (Wildman–Crippen LogP) is 2.75. The lowest BCUT2D eigenvalue weighted by Crippen LogP contribution is -2.47. The molecule has 11 heteroatoms. The van der Waals surface area contributed by atoms with E-state index in [4.69, 9.17) is 16.0 Å². The minimum atomic E-state index is -3.94. The molecule has 2 atom stereocenters. The van der Waals surface area contributed by atoms with E-state index in [0.717, 1.165) is 5.56 Å². The highest BCUT2D eigenvalue weighted by Crippen LogP contribution is 2.35. The summed E-state index contributed by atoms with van der Waals surface area (Å²) in [6.45, 7) is 5.95. The Hall–Kier alpha value is -1.75. The third-order valence-electron chi connectivity index (χ3n) is 5.82. The van der Waals surface area contributed by atoms with Crippen LogP contribution >= 0.6 is 11.6 Å². The lowest BCUT2D eigenvalue weighted by Gasteiger charge is -2.32. The quantitative estimate of drug-likeness (QED) is 0.617. The monoisotopic (exact) mass is 460 g/mol. The van der Waals surface area contributed by atoms with Gasteiger partial charge in [0.25, 0.3) is 10.2 Å². The Morgan fingerprint density at radius 3 is 2.60 bits per heavy atom. The summed E-state index contributed by atoms with van der Waals surface area (Å²) >= 11 is 5.89. The third kappa shape index (κ3) is 4.77. The zero-order valence-electron chi connectivity index (χ0n) is 17.1. The third-order valence-corrected chi connectivity index (χ3v) is 7.85. The van der Waals surface area contributed by atoms with Crippen LogP contribution in [-0.2, 0) is 10.2 Å². The molecule has 2 aromatic rings. The van der Waals surface area contributed by atoms with Gasteiger partial charge in [0.05, 0.1) is 0 Å². The number of nitrogens with one attached hydrogen (secondary N) is 2. The average Bonchev–Trinajstić information content (AvgIpc) is 3.15. The van der Waals surface area contributed by atoms with Crippen LogP contribution in [0.1, 0.15) is 54.3 Å². The van der Waals surface area contributed by atoms with E-state index in [-0.39, 0.29) is 11.8 Å². The number of rotatable bonds is 7. The van der Waals surface area contributed by atoms with Crippen molar-refractivity contribution < 1.29 is 17.2 Å². The zero-order chi connectivity index (χ0) is 22.1.